The van der Waals surface area contributed by atoms with E-state index in [-0.39, 0.29) is 0 Å². The number of hydrogen-bond acceptors (Lipinski definition) is 1. The fourth-order valence-corrected chi connectivity index (χ4v) is 2.14. The van der Waals surface area contributed by atoms with Crippen LogP contribution in [0.2, 0.25) is 5.32 Å². The normalized spacial score (nSPS) is 10.7. The average molecular weight is 264 g/mol. The van der Waals surface area contributed by atoms with Crippen molar-refractivity contribution in [3.8, 4) is 0 Å². The summed E-state index contributed by atoms with van der Waals surface area (Å²) >= 11 is 2.67. The van der Waals surface area contributed by atoms with E-state index >= 15 is 0 Å². The van der Waals surface area contributed by atoms with Crippen LogP contribution in [0, 0.1) is 0 Å². The third-order valence-electron chi connectivity index (χ3n) is 2.61. The molecule has 0 atom stereocenters. The molecule has 0 heterocycles. The maximum atomic E-state index is 5.44. The molecule has 0 aliphatic carbocycles. The van der Waals surface area contributed by atoms with E-state index in [0.717, 1.165) is 6.54 Å². The number of hydrogen-bond donors (Lipinski definition) is 1. The molecule has 0 aliphatic rings. The molecule has 0 radical (unpaired) electrons. The molecule has 0 aromatic rings. The summed E-state index contributed by atoms with van der Waals surface area (Å²) < 4.78 is 0. The van der Waals surface area contributed by atoms with Crippen LogP contribution < -0.4 is 5.73 Å². The average Bonchev–Trinajstić information content (AvgIpc) is 2.21. The fraction of sp³-hybridized carbons (Fsp3) is 1.00. The number of nitrogens with two attached hydrogens (primary N) is 1. The standard InChI is InChI=1S/C12H27NSe/c13-11-9-7-5-3-1-2-4-6-8-10-12-14/h14H,1-13H2. The molecule has 2 heteroatoms. The predicted molar refractivity (Wildman–Crippen MR) is 67.2 cm³/mol. The van der Waals surface area contributed by atoms with Crippen LogP contribution >= 0.6 is 0 Å². The van der Waals surface area contributed by atoms with Crippen molar-refractivity contribution < 1.29 is 0 Å². The second-order valence-electron chi connectivity index (χ2n) is 4.05. The van der Waals surface area contributed by atoms with Crippen molar-refractivity contribution in [1.82, 2.24) is 0 Å². The Labute approximate surface area is 98.0 Å². The number of unbranched alkanes of at least 4 members (excludes halogenated alkanes) is 9. The summed E-state index contributed by atoms with van der Waals surface area (Å²) in [6.45, 7) is 0.871. The summed E-state index contributed by atoms with van der Waals surface area (Å²) in [6, 6.07) is 0. The van der Waals surface area contributed by atoms with Gasteiger partial charge in [-0.15, -0.1) is 0 Å². The second-order valence-corrected chi connectivity index (χ2v) is 4.99. The van der Waals surface area contributed by atoms with Crippen LogP contribution in [0.4, 0.5) is 0 Å². The van der Waals surface area contributed by atoms with Crippen LogP contribution in [-0.4, -0.2) is 22.6 Å². The minimum atomic E-state index is 0.871. The molecule has 86 valence electrons. The van der Waals surface area contributed by atoms with Crippen LogP contribution in [0.5, 0.6) is 0 Å². The second kappa shape index (κ2) is 13.5. The molecular weight excluding hydrogens is 237 g/mol. The third kappa shape index (κ3) is 12.5. The van der Waals surface area contributed by atoms with Gasteiger partial charge in [-0.25, -0.2) is 0 Å². The molecule has 0 bridgehead atoms. The molecule has 0 aromatic heterocycles. The van der Waals surface area contributed by atoms with Crippen molar-refractivity contribution in [1.29, 1.82) is 0 Å². The Balaban J connectivity index is 2.78. The molecule has 14 heavy (non-hydrogen) atoms. The maximum absolute atomic E-state index is 5.44. The van der Waals surface area contributed by atoms with Gasteiger partial charge in [-0.1, -0.05) is 0 Å². The van der Waals surface area contributed by atoms with Gasteiger partial charge in [0.2, 0.25) is 0 Å². The van der Waals surface area contributed by atoms with Gasteiger partial charge in [-0.2, -0.15) is 0 Å². The van der Waals surface area contributed by atoms with E-state index in [2.05, 4.69) is 16.0 Å². The van der Waals surface area contributed by atoms with Gasteiger partial charge in [0.25, 0.3) is 0 Å². The van der Waals surface area contributed by atoms with Gasteiger partial charge in [-0.05, 0) is 0 Å². The van der Waals surface area contributed by atoms with Gasteiger partial charge in [0, 0.05) is 0 Å². The molecule has 0 rings (SSSR count). The molecule has 0 aromatic carbocycles. The van der Waals surface area contributed by atoms with Crippen molar-refractivity contribution >= 4 is 16.0 Å². The minimum absolute atomic E-state index is 0.871. The Kier molecular flexibility index (Phi) is 13.9. The first kappa shape index (κ1) is 14.5. The van der Waals surface area contributed by atoms with E-state index in [1.165, 1.54) is 69.5 Å². The summed E-state index contributed by atoms with van der Waals surface area (Å²) in [7, 11) is 0. The Hall–Kier alpha value is 0.479. The first-order valence-corrected chi connectivity index (χ1v) is 7.55. The van der Waals surface area contributed by atoms with E-state index in [4.69, 9.17) is 5.73 Å². The van der Waals surface area contributed by atoms with E-state index in [1.54, 1.807) is 0 Å². The molecule has 0 spiro atoms. The summed E-state index contributed by atoms with van der Waals surface area (Å²) in [6.07, 6.45) is 14.0. The van der Waals surface area contributed by atoms with Gasteiger partial charge in [0.15, 0.2) is 0 Å². The Morgan fingerprint density at radius 3 is 1.29 bits per heavy atom. The monoisotopic (exact) mass is 265 g/mol. The van der Waals surface area contributed by atoms with Gasteiger partial charge in [0.05, 0.1) is 0 Å². The number of rotatable bonds is 11. The molecule has 2 N–H and O–H groups in total. The van der Waals surface area contributed by atoms with Gasteiger partial charge < -0.3 is 5.73 Å². The third-order valence-corrected chi connectivity index (χ3v) is 3.28. The van der Waals surface area contributed by atoms with E-state index in [1.807, 2.05) is 0 Å². The summed E-state index contributed by atoms with van der Waals surface area (Å²) in [5.74, 6) is 0. The molecule has 0 saturated heterocycles. The zero-order valence-corrected chi connectivity index (χ0v) is 11.4. The zero-order chi connectivity index (χ0) is 10.5. The molecule has 0 fully saturated rings. The van der Waals surface area contributed by atoms with E-state index < -0.39 is 0 Å². The quantitative estimate of drug-likeness (QED) is 0.450. The SMILES string of the molecule is NCCCCCCCCCCCC[SeH]. The van der Waals surface area contributed by atoms with Crippen LogP contribution in [0.1, 0.15) is 64.2 Å². The summed E-state index contributed by atoms with van der Waals surface area (Å²) in [4.78, 5) is 0. The molecular formula is C12H27NSe. The zero-order valence-electron chi connectivity index (χ0n) is 9.51. The van der Waals surface area contributed by atoms with Crippen molar-refractivity contribution in [3.63, 3.8) is 0 Å². The van der Waals surface area contributed by atoms with Gasteiger partial charge >= 0.3 is 92.1 Å². The first-order valence-electron chi connectivity index (χ1n) is 6.22. The molecule has 0 aliphatic heterocycles. The summed E-state index contributed by atoms with van der Waals surface area (Å²) in [5.41, 5.74) is 5.44. The topological polar surface area (TPSA) is 26.0 Å². The van der Waals surface area contributed by atoms with Crippen molar-refractivity contribution in [2.24, 2.45) is 5.73 Å². The van der Waals surface area contributed by atoms with E-state index in [0.29, 0.717) is 0 Å². The Bertz CT molecular complexity index is 84.3. The van der Waals surface area contributed by atoms with Crippen molar-refractivity contribution in [2.75, 3.05) is 6.54 Å². The molecule has 0 saturated carbocycles. The van der Waals surface area contributed by atoms with Crippen LogP contribution in [0.15, 0.2) is 0 Å². The van der Waals surface area contributed by atoms with Gasteiger partial charge in [-0.3, -0.25) is 0 Å². The Morgan fingerprint density at radius 1 is 0.571 bits per heavy atom. The van der Waals surface area contributed by atoms with Crippen molar-refractivity contribution in [3.05, 3.63) is 0 Å². The van der Waals surface area contributed by atoms with Gasteiger partial charge in [0.1, 0.15) is 0 Å². The predicted octanol–water partition coefficient (Wildman–Crippen LogP) is 3.17. The van der Waals surface area contributed by atoms with E-state index in [9.17, 15) is 0 Å². The molecule has 1 nitrogen and oxygen atoms in total. The Morgan fingerprint density at radius 2 is 0.929 bits per heavy atom. The first-order chi connectivity index (χ1) is 6.91. The summed E-state index contributed by atoms with van der Waals surface area (Å²) in [5, 5.41) is 1.30. The fourth-order valence-electron chi connectivity index (χ4n) is 1.67. The molecule has 0 unspecified atom stereocenters. The van der Waals surface area contributed by atoms with Crippen LogP contribution in [0.25, 0.3) is 0 Å². The van der Waals surface area contributed by atoms with Crippen LogP contribution in [0.3, 0.4) is 0 Å². The van der Waals surface area contributed by atoms with Crippen LogP contribution in [-0.2, 0) is 0 Å². The molecule has 0 amide bonds. The van der Waals surface area contributed by atoms with Crippen molar-refractivity contribution in [2.45, 2.75) is 69.5 Å².